The second-order valence-corrected chi connectivity index (χ2v) is 4.96. The Bertz CT molecular complexity index is 397. The zero-order chi connectivity index (χ0) is 11.8. The lowest BCUT2D eigenvalue weighted by Crippen LogP contribution is -2.47. The molecule has 4 nitrogen and oxygen atoms in total. The van der Waals surface area contributed by atoms with E-state index in [1.165, 1.54) is 11.3 Å². The lowest BCUT2D eigenvalue weighted by Gasteiger charge is -2.35. The number of hydrogen-bond donors (Lipinski definition) is 1. The van der Waals surface area contributed by atoms with Gasteiger partial charge in [-0.05, 0) is 19.7 Å². The van der Waals surface area contributed by atoms with Crippen molar-refractivity contribution >= 4 is 0 Å². The standard InChI is InChI=1S/C13H19N3O/c1-15(2)9-12-13-10-5-3-4-6-11(10)14-16(13)7-8-17-12/h3-6,11-12,14H,7-9H2,1-2H3/t11?,12-/m0/s1. The fourth-order valence-electron chi connectivity index (χ4n) is 2.67. The first-order valence-corrected chi connectivity index (χ1v) is 6.14. The van der Waals surface area contributed by atoms with Crippen LogP contribution in [-0.4, -0.2) is 55.8 Å². The number of morpholine rings is 1. The topological polar surface area (TPSA) is 27.7 Å². The summed E-state index contributed by atoms with van der Waals surface area (Å²) in [7, 11) is 4.17. The van der Waals surface area contributed by atoms with Crippen molar-refractivity contribution in [2.75, 3.05) is 33.8 Å². The smallest absolute Gasteiger partial charge is 0.112 e. The molecule has 0 radical (unpaired) electrons. The summed E-state index contributed by atoms with van der Waals surface area (Å²) in [6.45, 7) is 2.66. The van der Waals surface area contributed by atoms with Crippen molar-refractivity contribution in [3.05, 3.63) is 35.6 Å². The zero-order valence-corrected chi connectivity index (χ0v) is 10.4. The zero-order valence-electron chi connectivity index (χ0n) is 10.4. The Balaban J connectivity index is 1.92. The van der Waals surface area contributed by atoms with Gasteiger partial charge in [0, 0.05) is 6.54 Å². The maximum atomic E-state index is 5.91. The highest BCUT2D eigenvalue weighted by molar-refractivity contribution is 5.43. The molecule has 0 amide bonds. The van der Waals surface area contributed by atoms with Crippen molar-refractivity contribution in [2.24, 2.45) is 0 Å². The molecule has 17 heavy (non-hydrogen) atoms. The highest BCUT2D eigenvalue weighted by Crippen LogP contribution is 2.31. The van der Waals surface area contributed by atoms with Crippen LogP contribution in [0.1, 0.15) is 0 Å². The number of hydrogen-bond acceptors (Lipinski definition) is 4. The van der Waals surface area contributed by atoms with E-state index in [1.807, 2.05) is 0 Å². The number of hydrazine groups is 1. The molecule has 0 spiro atoms. The molecule has 3 aliphatic rings. The van der Waals surface area contributed by atoms with Crippen LogP contribution in [-0.2, 0) is 4.74 Å². The van der Waals surface area contributed by atoms with Crippen molar-refractivity contribution in [1.82, 2.24) is 15.3 Å². The van der Waals surface area contributed by atoms with Gasteiger partial charge in [-0.2, -0.15) is 0 Å². The molecule has 2 heterocycles. The van der Waals surface area contributed by atoms with Crippen LogP contribution in [0.4, 0.5) is 0 Å². The van der Waals surface area contributed by atoms with Crippen molar-refractivity contribution in [3.63, 3.8) is 0 Å². The van der Waals surface area contributed by atoms with E-state index in [2.05, 4.69) is 53.7 Å². The van der Waals surface area contributed by atoms with Gasteiger partial charge in [-0.25, -0.2) is 5.43 Å². The second-order valence-electron chi connectivity index (χ2n) is 4.96. The minimum absolute atomic E-state index is 0.183. The average molecular weight is 233 g/mol. The van der Waals surface area contributed by atoms with E-state index in [0.717, 1.165) is 19.7 Å². The summed E-state index contributed by atoms with van der Waals surface area (Å²) in [6.07, 6.45) is 8.78. The molecule has 0 aromatic rings. The van der Waals surface area contributed by atoms with Gasteiger partial charge in [0.05, 0.1) is 24.9 Å². The molecule has 0 saturated carbocycles. The highest BCUT2D eigenvalue weighted by Gasteiger charge is 2.36. The maximum absolute atomic E-state index is 5.91. The third-order valence-corrected chi connectivity index (χ3v) is 3.38. The molecule has 1 aliphatic carbocycles. The molecule has 2 atom stereocenters. The number of nitrogens with one attached hydrogen (secondary N) is 1. The molecule has 0 bridgehead atoms. The lowest BCUT2D eigenvalue weighted by molar-refractivity contribution is -0.0127. The Hall–Kier alpha value is -1.10. The van der Waals surface area contributed by atoms with Gasteiger partial charge in [0.1, 0.15) is 6.10 Å². The van der Waals surface area contributed by atoms with Crippen molar-refractivity contribution < 1.29 is 4.74 Å². The molecular weight excluding hydrogens is 214 g/mol. The highest BCUT2D eigenvalue weighted by atomic mass is 16.5. The Kier molecular flexibility index (Phi) is 2.78. The molecule has 3 rings (SSSR count). The summed E-state index contributed by atoms with van der Waals surface area (Å²) in [5, 5.41) is 2.26. The van der Waals surface area contributed by atoms with E-state index in [4.69, 9.17) is 4.74 Å². The van der Waals surface area contributed by atoms with Crippen molar-refractivity contribution in [1.29, 1.82) is 0 Å². The molecule has 2 aliphatic heterocycles. The molecule has 4 heteroatoms. The lowest BCUT2D eigenvalue weighted by atomic mass is 9.99. The van der Waals surface area contributed by atoms with Gasteiger partial charge in [-0.1, -0.05) is 24.3 Å². The first-order chi connectivity index (χ1) is 8.25. The fraction of sp³-hybridized carbons (Fsp3) is 0.538. The first kappa shape index (κ1) is 11.0. The van der Waals surface area contributed by atoms with Crippen LogP contribution >= 0.6 is 0 Å². The van der Waals surface area contributed by atoms with Crippen LogP contribution in [0.25, 0.3) is 0 Å². The third-order valence-electron chi connectivity index (χ3n) is 3.38. The van der Waals surface area contributed by atoms with E-state index >= 15 is 0 Å². The molecule has 1 N–H and O–H groups in total. The van der Waals surface area contributed by atoms with E-state index < -0.39 is 0 Å². The van der Waals surface area contributed by atoms with E-state index in [1.54, 1.807) is 0 Å². The summed E-state index contributed by atoms with van der Waals surface area (Å²) in [5.41, 5.74) is 6.20. The maximum Gasteiger partial charge on any atom is 0.112 e. The van der Waals surface area contributed by atoms with Crippen LogP contribution in [0.15, 0.2) is 35.6 Å². The first-order valence-electron chi connectivity index (χ1n) is 6.14. The Morgan fingerprint density at radius 1 is 1.47 bits per heavy atom. The Morgan fingerprint density at radius 2 is 2.35 bits per heavy atom. The number of allylic oxidation sites excluding steroid dienone is 2. The van der Waals surface area contributed by atoms with E-state index in [0.29, 0.717) is 6.04 Å². The average Bonchev–Trinajstić information content (AvgIpc) is 2.67. The largest absolute Gasteiger partial charge is 0.369 e. The molecule has 0 aromatic heterocycles. The van der Waals surface area contributed by atoms with Gasteiger partial charge >= 0.3 is 0 Å². The minimum atomic E-state index is 0.183. The van der Waals surface area contributed by atoms with Gasteiger partial charge in [-0.3, -0.25) is 0 Å². The number of nitrogens with zero attached hydrogens (tertiary/aromatic N) is 2. The summed E-state index contributed by atoms with van der Waals surface area (Å²) in [4.78, 5) is 2.18. The molecule has 1 fully saturated rings. The summed E-state index contributed by atoms with van der Waals surface area (Å²) in [5.74, 6) is 0. The van der Waals surface area contributed by atoms with Crippen LogP contribution in [0.2, 0.25) is 0 Å². The van der Waals surface area contributed by atoms with Gasteiger partial charge in [0.15, 0.2) is 0 Å². The van der Waals surface area contributed by atoms with E-state index in [-0.39, 0.29) is 6.10 Å². The Morgan fingerprint density at radius 3 is 3.18 bits per heavy atom. The van der Waals surface area contributed by atoms with Crippen molar-refractivity contribution in [2.45, 2.75) is 12.1 Å². The number of likely N-dealkylation sites (N-methyl/N-ethyl adjacent to an activating group) is 1. The van der Waals surface area contributed by atoms with Gasteiger partial charge < -0.3 is 14.6 Å². The van der Waals surface area contributed by atoms with Gasteiger partial charge in [0.25, 0.3) is 0 Å². The predicted molar refractivity (Wildman–Crippen MR) is 67.2 cm³/mol. The monoisotopic (exact) mass is 233 g/mol. The van der Waals surface area contributed by atoms with Gasteiger partial charge in [0.2, 0.25) is 0 Å². The minimum Gasteiger partial charge on any atom is -0.369 e. The third kappa shape index (κ3) is 1.92. The summed E-state index contributed by atoms with van der Waals surface area (Å²) in [6, 6.07) is 0.335. The molecule has 92 valence electrons. The van der Waals surface area contributed by atoms with E-state index in [9.17, 15) is 0 Å². The Labute approximate surface area is 102 Å². The number of ether oxygens (including phenoxy) is 1. The van der Waals surface area contributed by atoms with Crippen molar-refractivity contribution in [3.8, 4) is 0 Å². The summed E-state index contributed by atoms with van der Waals surface area (Å²) < 4.78 is 5.91. The van der Waals surface area contributed by atoms with Crippen LogP contribution in [0, 0.1) is 0 Å². The van der Waals surface area contributed by atoms with Gasteiger partial charge in [-0.15, -0.1) is 0 Å². The summed E-state index contributed by atoms with van der Waals surface area (Å²) >= 11 is 0. The number of rotatable bonds is 2. The van der Waals surface area contributed by atoms with Crippen LogP contribution < -0.4 is 5.43 Å². The number of fused-ring (bicyclic) bond motifs is 2. The van der Waals surface area contributed by atoms with Crippen LogP contribution in [0.3, 0.4) is 0 Å². The molecule has 0 aromatic carbocycles. The van der Waals surface area contributed by atoms with Crippen LogP contribution in [0.5, 0.6) is 0 Å². The molecule has 1 saturated heterocycles. The second kappa shape index (κ2) is 4.29. The molecular formula is C13H19N3O. The predicted octanol–water partition coefficient (Wildman–Crippen LogP) is 0.516. The SMILES string of the molecule is CN(C)C[C@@H]1OCCN2NC3C=CC=CC3=C12. The molecule has 1 unspecified atom stereocenters. The normalized spacial score (nSPS) is 31.1. The fourth-order valence-corrected chi connectivity index (χ4v) is 2.67. The quantitative estimate of drug-likeness (QED) is 0.752.